The third-order valence-corrected chi connectivity index (χ3v) is 10.3. The molecule has 6 rings (SSSR count). The molecule has 3 aliphatic rings. The number of nitrogens with one attached hydrogen (secondary N) is 1. The largest absolute Gasteiger partial charge is 0.444 e. The Bertz CT molecular complexity index is 1930. The average Bonchev–Trinajstić information content (AvgIpc) is 3.46. The number of fused-ring (bicyclic) bond motifs is 1. The van der Waals surface area contributed by atoms with E-state index in [0.717, 1.165) is 35.1 Å². The second-order valence-electron chi connectivity index (χ2n) is 14.1. The Balaban J connectivity index is 1.34. The summed E-state index contributed by atoms with van der Waals surface area (Å²) in [6.45, 7) is 9.18. The van der Waals surface area contributed by atoms with Gasteiger partial charge in [0.2, 0.25) is 11.7 Å². The van der Waals surface area contributed by atoms with Crippen molar-refractivity contribution < 1.29 is 38.5 Å². The van der Waals surface area contributed by atoms with Crippen molar-refractivity contribution in [1.29, 1.82) is 0 Å². The molecule has 4 heterocycles. The molecule has 0 unspecified atom stereocenters. The van der Waals surface area contributed by atoms with Crippen LogP contribution in [-0.2, 0) is 27.2 Å². The molecular formula is C32H40F5N7O5S. The lowest BCUT2D eigenvalue weighted by Gasteiger charge is -2.43. The first-order chi connectivity index (χ1) is 23.1. The summed E-state index contributed by atoms with van der Waals surface area (Å²) in [5.41, 5.74) is 0.432. The topological polar surface area (TPSA) is 123 Å². The highest BCUT2D eigenvalue weighted by Crippen LogP contribution is 3.02. The Morgan fingerprint density at radius 2 is 1.70 bits per heavy atom. The summed E-state index contributed by atoms with van der Waals surface area (Å²) < 4.78 is 79.8. The highest BCUT2D eigenvalue weighted by Gasteiger charge is 2.65. The number of anilines is 2. The van der Waals surface area contributed by atoms with Crippen molar-refractivity contribution >= 4 is 44.9 Å². The van der Waals surface area contributed by atoms with E-state index in [0.29, 0.717) is 31.2 Å². The lowest BCUT2D eigenvalue weighted by Crippen LogP contribution is -2.51. The maximum atomic E-state index is 14.2. The van der Waals surface area contributed by atoms with Gasteiger partial charge in [-0.2, -0.15) is 9.50 Å². The van der Waals surface area contributed by atoms with Crippen LogP contribution in [0.25, 0.3) is 11.4 Å². The number of aromatic nitrogens is 4. The molecule has 12 nitrogen and oxygen atoms in total. The molecule has 1 spiro atoms. The molecule has 1 aliphatic carbocycles. The molecule has 18 heteroatoms. The van der Waals surface area contributed by atoms with E-state index in [2.05, 4.69) is 16.5 Å². The predicted octanol–water partition coefficient (Wildman–Crippen LogP) is 6.39. The first kappa shape index (κ1) is 35.6. The molecular weight excluding hydrogens is 689 g/mol. The van der Waals surface area contributed by atoms with Crippen LogP contribution >= 0.6 is 10.2 Å². The normalized spacial score (nSPS) is 19.4. The molecule has 2 aliphatic heterocycles. The summed E-state index contributed by atoms with van der Waals surface area (Å²) in [4.78, 5) is 46.3. The zero-order valence-corrected chi connectivity index (χ0v) is 29.0. The van der Waals surface area contributed by atoms with Crippen molar-refractivity contribution in [2.45, 2.75) is 70.4 Å². The van der Waals surface area contributed by atoms with Crippen LogP contribution in [0.4, 0.5) is 35.6 Å². The number of allylic oxidation sites excluding steroid dienone is 2. The van der Waals surface area contributed by atoms with E-state index in [-0.39, 0.29) is 67.3 Å². The number of amides is 2. The van der Waals surface area contributed by atoms with Crippen LogP contribution < -0.4 is 15.8 Å². The third kappa shape index (κ3) is 7.31. The smallest absolute Gasteiger partial charge is 0.410 e. The fourth-order valence-electron chi connectivity index (χ4n) is 6.44. The number of rotatable bonds is 7. The van der Waals surface area contributed by atoms with Crippen molar-refractivity contribution in [2.75, 3.05) is 49.6 Å². The van der Waals surface area contributed by atoms with E-state index in [4.69, 9.17) is 14.5 Å². The van der Waals surface area contributed by atoms with Gasteiger partial charge in [-0.25, -0.2) is 4.79 Å². The number of ether oxygens (including phenoxy) is 2. The van der Waals surface area contributed by atoms with Gasteiger partial charge in [0.1, 0.15) is 22.7 Å². The molecule has 0 bridgehead atoms. The van der Waals surface area contributed by atoms with Crippen molar-refractivity contribution in [1.82, 2.24) is 24.1 Å². The van der Waals surface area contributed by atoms with E-state index in [9.17, 15) is 33.8 Å². The van der Waals surface area contributed by atoms with Crippen molar-refractivity contribution in [2.24, 2.45) is 5.41 Å². The molecule has 2 amide bonds. The molecule has 3 aromatic rings. The molecule has 1 aromatic carbocycles. The summed E-state index contributed by atoms with van der Waals surface area (Å²) >= 11 is 0. The zero-order valence-electron chi connectivity index (χ0n) is 28.2. The SMILES string of the molecule is CCc1c(N2CCN(C(=O)OC(C)(C)C)CC2)c(=O)n2nc(C3=CCC4(CC3)COC4)nc2n1CC(=O)Nc1ccc(S(F)(F)(F)(F)F)cc1. The molecule has 0 saturated carbocycles. The Hall–Kier alpha value is -4.19. The molecule has 0 atom stereocenters. The van der Waals surface area contributed by atoms with Gasteiger partial charge in [0, 0.05) is 37.3 Å². The summed E-state index contributed by atoms with van der Waals surface area (Å²) in [5.74, 6) is -0.260. The Morgan fingerprint density at radius 3 is 2.22 bits per heavy atom. The number of carbonyl (C=O) groups is 2. The van der Waals surface area contributed by atoms with Gasteiger partial charge < -0.3 is 29.2 Å². The minimum Gasteiger partial charge on any atom is -0.444 e. The van der Waals surface area contributed by atoms with Crippen molar-refractivity contribution in [3.05, 3.63) is 52.2 Å². The van der Waals surface area contributed by atoms with Crippen LogP contribution in [0.15, 0.2) is 40.0 Å². The summed E-state index contributed by atoms with van der Waals surface area (Å²) in [6, 6.07) is 1.97. The van der Waals surface area contributed by atoms with Gasteiger partial charge in [-0.3, -0.25) is 9.59 Å². The number of halogens is 5. The van der Waals surface area contributed by atoms with E-state index in [1.54, 1.807) is 32.6 Å². The summed E-state index contributed by atoms with van der Waals surface area (Å²) in [5, 5.41) is 7.06. The monoisotopic (exact) mass is 729 g/mol. The molecule has 274 valence electrons. The number of nitrogens with zero attached hydrogens (tertiary/aromatic N) is 6. The number of piperazine rings is 1. The van der Waals surface area contributed by atoms with E-state index in [1.165, 1.54) is 4.57 Å². The standard InChI is InChI=1S/C32H40F5N7O5S/c1-5-24-26(41-14-16-42(17-15-41)30(47)49-31(2,3)4)28(46)44-29(39-27(40-44)21-10-12-32(13-11-21)19-48-20-32)43(24)18-25(45)38-22-6-8-23(9-7-22)50(33,34,35,36)37/h6-10H,5,11-20H2,1-4H3,(H,38,45). The van der Waals surface area contributed by atoms with Crippen LogP contribution in [0.1, 0.15) is 58.5 Å². The third-order valence-electron chi connectivity index (χ3n) is 9.10. The van der Waals surface area contributed by atoms with Gasteiger partial charge in [-0.1, -0.05) is 32.4 Å². The van der Waals surface area contributed by atoms with Gasteiger partial charge in [0.15, 0.2) is 5.82 Å². The minimum absolute atomic E-state index is 0.0950. The Labute approximate surface area is 284 Å². The molecule has 50 heavy (non-hydrogen) atoms. The maximum absolute atomic E-state index is 14.2. The predicted molar refractivity (Wildman–Crippen MR) is 178 cm³/mol. The van der Waals surface area contributed by atoms with E-state index >= 15 is 0 Å². The minimum atomic E-state index is -9.89. The average molecular weight is 730 g/mol. The molecule has 1 N–H and O–H groups in total. The first-order valence-electron chi connectivity index (χ1n) is 16.3. The molecule has 2 fully saturated rings. The van der Waals surface area contributed by atoms with Crippen LogP contribution in [0.3, 0.4) is 0 Å². The van der Waals surface area contributed by atoms with Gasteiger partial charge in [0.25, 0.3) is 5.56 Å². The van der Waals surface area contributed by atoms with Crippen LogP contribution in [0.2, 0.25) is 0 Å². The number of hydrogen-bond donors (Lipinski definition) is 1. The quantitative estimate of drug-likeness (QED) is 0.278. The molecule has 2 saturated heterocycles. The van der Waals surface area contributed by atoms with E-state index < -0.39 is 44.8 Å². The fourth-order valence-corrected chi connectivity index (χ4v) is 7.09. The van der Waals surface area contributed by atoms with Gasteiger partial charge in [0.05, 0.1) is 18.9 Å². The van der Waals surface area contributed by atoms with Gasteiger partial charge in [-0.05, 0) is 76.3 Å². The van der Waals surface area contributed by atoms with Gasteiger partial charge in [-0.15, -0.1) is 5.10 Å². The second kappa shape index (κ2) is 11.7. The number of hydrogen-bond acceptors (Lipinski definition) is 8. The van der Waals surface area contributed by atoms with Crippen molar-refractivity contribution in [3.8, 4) is 0 Å². The number of carbonyl (C=O) groups excluding carboxylic acids is 2. The van der Waals surface area contributed by atoms with Gasteiger partial charge >= 0.3 is 16.3 Å². The maximum Gasteiger partial charge on any atom is 0.410 e. The number of benzene rings is 1. The molecule has 0 radical (unpaired) electrons. The fraction of sp³-hybridized carbons (Fsp3) is 0.531. The summed E-state index contributed by atoms with van der Waals surface area (Å²) in [6.07, 6.45) is 4.18. The van der Waals surface area contributed by atoms with Crippen LogP contribution in [-0.4, -0.2) is 81.1 Å². The lowest BCUT2D eigenvalue weighted by atomic mass is 9.73. The highest BCUT2D eigenvalue weighted by molar-refractivity contribution is 8.45. The Kier molecular flexibility index (Phi) is 8.32. The van der Waals surface area contributed by atoms with Crippen molar-refractivity contribution in [3.63, 3.8) is 0 Å². The Morgan fingerprint density at radius 1 is 1.04 bits per heavy atom. The first-order valence-corrected chi connectivity index (χ1v) is 18.3. The summed E-state index contributed by atoms with van der Waals surface area (Å²) in [7, 11) is -9.89. The van der Waals surface area contributed by atoms with Crippen LogP contribution in [0.5, 0.6) is 0 Å². The molecule has 2 aromatic heterocycles. The highest BCUT2D eigenvalue weighted by atomic mass is 32.5. The van der Waals surface area contributed by atoms with Crippen LogP contribution in [0, 0.1) is 5.41 Å². The van der Waals surface area contributed by atoms with E-state index in [1.807, 2.05) is 4.90 Å². The second-order valence-corrected chi connectivity index (χ2v) is 16.5. The zero-order chi connectivity index (χ0) is 36.3. The lowest BCUT2D eigenvalue weighted by molar-refractivity contribution is -0.116.